The van der Waals surface area contributed by atoms with Crippen LogP contribution in [-0.2, 0) is 0 Å². The van der Waals surface area contributed by atoms with Gasteiger partial charge in [0.05, 0.1) is 11.7 Å². The van der Waals surface area contributed by atoms with Crippen molar-refractivity contribution in [2.24, 2.45) is 5.10 Å². The van der Waals surface area contributed by atoms with Crippen LogP contribution in [-0.4, -0.2) is 31.4 Å². The lowest BCUT2D eigenvalue weighted by Gasteiger charge is -2.04. The van der Waals surface area contributed by atoms with Crippen molar-refractivity contribution in [2.45, 2.75) is 13.8 Å². The Labute approximate surface area is 137 Å². The predicted molar refractivity (Wildman–Crippen MR) is 92.0 cm³/mol. The van der Waals surface area contributed by atoms with Crippen LogP contribution in [0.2, 0.25) is 0 Å². The summed E-state index contributed by atoms with van der Waals surface area (Å²) in [5.41, 5.74) is 5.52. The molecule has 0 radical (unpaired) electrons. The molecule has 4 rings (SSSR count). The second-order valence-corrected chi connectivity index (χ2v) is 5.65. The third kappa shape index (κ3) is 2.18. The van der Waals surface area contributed by atoms with Crippen molar-refractivity contribution < 1.29 is 4.79 Å². The van der Waals surface area contributed by atoms with E-state index in [2.05, 4.69) is 25.8 Å². The van der Waals surface area contributed by atoms with Crippen LogP contribution in [0.3, 0.4) is 0 Å². The Bertz CT molecular complexity index is 1120. The normalized spacial score (nSPS) is 11.1. The highest BCUT2D eigenvalue weighted by Crippen LogP contribution is 2.24. The summed E-state index contributed by atoms with van der Waals surface area (Å²) in [4.78, 5) is 12.2. The molecule has 0 aliphatic rings. The lowest BCUT2D eigenvalue weighted by Crippen LogP contribution is -2.18. The van der Waals surface area contributed by atoms with Crippen LogP contribution >= 0.6 is 0 Å². The van der Waals surface area contributed by atoms with Gasteiger partial charge in [0.25, 0.3) is 5.91 Å². The second-order valence-electron chi connectivity index (χ2n) is 5.65. The first-order valence-corrected chi connectivity index (χ1v) is 7.48. The van der Waals surface area contributed by atoms with E-state index in [0.29, 0.717) is 11.2 Å². The number of benzene rings is 2. The Morgan fingerprint density at radius 2 is 1.96 bits per heavy atom. The number of nitrogens with one attached hydrogen (secondary N) is 1. The minimum Gasteiger partial charge on any atom is -0.267 e. The van der Waals surface area contributed by atoms with E-state index in [-0.39, 0.29) is 5.91 Å². The largest absolute Gasteiger partial charge is 0.276 e. The number of fused-ring (bicyclic) bond motifs is 5. The van der Waals surface area contributed by atoms with Gasteiger partial charge in [0.2, 0.25) is 0 Å². The third-order valence-corrected chi connectivity index (χ3v) is 3.72. The highest BCUT2D eigenvalue weighted by Gasteiger charge is 2.16. The molecule has 7 nitrogen and oxygen atoms in total. The van der Waals surface area contributed by atoms with Crippen molar-refractivity contribution in [2.75, 3.05) is 0 Å². The molecule has 0 fully saturated rings. The Hall–Kier alpha value is -3.35. The molecule has 118 valence electrons. The Kier molecular flexibility index (Phi) is 3.19. The van der Waals surface area contributed by atoms with Gasteiger partial charge in [-0.05, 0) is 25.3 Å². The fraction of sp³-hybridized carbons (Fsp3) is 0.118. The fourth-order valence-corrected chi connectivity index (χ4v) is 2.61. The van der Waals surface area contributed by atoms with Crippen molar-refractivity contribution >= 4 is 39.1 Å². The van der Waals surface area contributed by atoms with Crippen molar-refractivity contribution in [1.82, 2.24) is 25.2 Å². The highest BCUT2D eigenvalue weighted by molar-refractivity contribution is 6.05. The monoisotopic (exact) mass is 318 g/mol. The van der Waals surface area contributed by atoms with E-state index in [1.165, 1.54) is 6.20 Å². The zero-order chi connectivity index (χ0) is 16.7. The van der Waals surface area contributed by atoms with Gasteiger partial charge in [-0.3, -0.25) is 4.79 Å². The van der Waals surface area contributed by atoms with Gasteiger partial charge < -0.3 is 0 Å². The number of aromatic nitrogens is 4. The lowest BCUT2D eigenvalue weighted by molar-refractivity contribution is 0.0956. The van der Waals surface area contributed by atoms with Gasteiger partial charge in [0, 0.05) is 11.1 Å². The Balaban J connectivity index is 1.92. The number of hydrogen-bond donors (Lipinski definition) is 1. The van der Waals surface area contributed by atoms with Crippen LogP contribution in [0.25, 0.3) is 27.5 Å². The van der Waals surface area contributed by atoms with Crippen LogP contribution in [0, 0.1) is 0 Å². The summed E-state index contributed by atoms with van der Waals surface area (Å²) in [6.45, 7) is 3.60. The van der Waals surface area contributed by atoms with Gasteiger partial charge in [-0.15, -0.1) is 10.2 Å². The molecular formula is C17H14N6O. The number of carbonyl (C=O) groups is 1. The van der Waals surface area contributed by atoms with E-state index in [4.69, 9.17) is 0 Å². The SMILES string of the molecule is CC(C)=NNC(=O)c1cnn2c1nnc1c3ccccc3ccc12. The van der Waals surface area contributed by atoms with Crippen molar-refractivity contribution in [3.63, 3.8) is 0 Å². The summed E-state index contributed by atoms with van der Waals surface area (Å²) >= 11 is 0. The second kappa shape index (κ2) is 5.38. The number of nitrogens with zero attached hydrogens (tertiary/aromatic N) is 5. The molecule has 2 heterocycles. The molecule has 0 aliphatic heterocycles. The van der Waals surface area contributed by atoms with E-state index >= 15 is 0 Å². The molecule has 1 amide bonds. The van der Waals surface area contributed by atoms with Crippen LogP contribution in [0.1, 0.15) is 24.2 Å². The molecule has 7 heteroatoms. The molecule has 0 saturated carbocycles. The molecular weight excluding hydrogens is 304 g/mol. The molecule has 0 unspecified atom stereocenters. The number of hydrogen-bond acceptors (Lipinski definition) is 5. The molecule has 1 N–H and O–H groups in total. The molecule has 0 saturated heterocycles. The molecule has 2 aromatic heterocycles. The smallest absolute Gasteiger partial charge is 0.267 e. The van der Waals surface area contributed by atoms with E-state index in [9.17, 15) is 4.79 Å². The van der Waals surface area contributed by atoms with Crippen LogP contribution < -0.4 is 5.43 Å². The van der Waals surface area contributed by atoms with Crippen LogP contribution in [0.15, 0.2) is 47.7 Å². The number of hydrazone groups is 1. The fourth-order valence-electron chi connectivity index (χ4n) is 2.61. The summed E-state index contributed by atoms with van der Waals surface area (Å²) in [5.74, 6) is -0.361. The average molecular weight is 318 g/mol. The summed E-state index contributed by atoms with van der Waals surface area (Å²) in [5, 5.41) is 18.8. The van der Waals surface area contributed by atoms with Gasteiger partial charge in [-0.1, -0.05) is 30.3 Å². The summed E-state index contributed by atoms with van der Waals surface area (Å²) in [6.07, 6.45) is 1.48. The van der Waals surface area contributed by atoms with Crippen molar-refractivity contribution in [3.05, 3.63) is 48.2 Å². The van der Waals surface area contributed by atoms with E-state index in [1.54, 1.807) is 18.4 Å². The maximum absolute atomic E-state index is 12.2. The summed E-state index contributed by atoms with van der Waals surface area (Å²) in [6, 6.07) is 11.9. The lowest BCUT2D eigenvalue weighted by atomic mass is 10.1. The predicted octanol–water partition coefficient (Wildman–Crippen LogP) is 2.56. The summed E-state index contributed by atoms with van der Waals surface area (Å²) in [7, 11) is 0. The van der Waals surface area contributed by atoms with Gasteiger partial charge >= 0.3 is 0 Å². The first kappa shape index (κ1) is 14.3. The zero-order valence-electron chi connectivity index (χ0n) is 13.2. The number of carbonyl (C=O) groups excluding carboxylic acids is 1. The maximum atomic E-state index is 12.2. The van der Waals surface area contributed by atoms with Gasteiger partial charge in [0.15, 0.2) is 5.65 Å². The minimum atomic E-state index is -0.361. The van der Waals surface area contributed by atoms with E-state index in [0.717, 1.165) is 27.5 Å². The molecule has 0 atom stereocenters. The highest BCUT2D eigenvalue weighted by atomic mass is 16.2. The quantitative estimate of drug-likeness (QED) is 0.350. The Morgan fingerprint density at radius 3 is 2.79 bits per heavy atom. The topological polar surface area (TPSA) is 84.5 Å². The van der Waals surface area contributed by atoms with Crippen LogP contribution in [0.4, 0.5) is 0 Å². The number of amides is 1. The molecule has 4 aromatic rings. The first-order chi connectivity index (χ1) is 11.6. The van der Waals surface area contributed by atoms with Gasteiger partial charge in [-0.2, -0.15) is 10.2 Å². The average Bonchev–Trinajstić information content (AvgIpc) is 3.03. The molecule has 24 heavy (non-hydrogen) atoms. The maximum Gasteiger partial charge on any atom is 0.276 e. The van der Waals surface area contributed by atoms with Crippen molar-refractivity contribution in [3.8, 4) is 0 Å². The third-order valence-electron chi connectivity index (χ3n) is 3.72. The Morgan fingerprint density at radius 1 is 1.12 bits per heavy atom. The molecule has 0 aliphatic carbocycles. The number of rotatable bonds is 2. The van der Waals surface area contributed by atoms with Gasteiger partial charge in [-0.25, -0.2) is 9.94 Å². The zero-order valence-corrected chi connectivity index (χ0v) is 13.2. The van der Waals surface area contributed by atoms with E-state index < -0.39 is 0 Å². The van der Waals surface area contributed by atoms with E-state index in [1.807, 2.05) is 36.4 Å². The minimum absolute atomic E-state index is 0.336. The van der Waals surface area contributed by atoms with Crippen molar-refractivity contribution in [1.29, 1.82) is 0 Å². The van der Waals surface area contributed by atoms with Crippen LogP contribution in [0.5, 0.6) is 0 Å². The standard InChI is InChI=1S/C17H14N6O/c1-10(2)19-22-17(24)13-9-18-23-14-8-7-11-5-3-4-6-12(11)15(14)20-21-16(13)23/h3-9H,1-2H3,(H,22,24). The summed E-state index contributed by atoms with van der Waals surface area (Å²) < 4.78 is 1.63. The molecule has 0 bridgehead atoms. The molecule has 0 spiro atoms. The van der Waals surface area contributed by atoms with Gasteiger partial charge in [0.1, 0.15) is 11.1 Å². The first-order valence-electron chi connectivity index (χ1n) is 7.48. The molecule has 2 aromatic carbocycles.